The Morgan fingerprint density at radius 3 is 2.62 bits per heavy atom. The van der Waals surface area contributed by atoms with Gasteiger partial charge in [0.1, 0.15) is 0 Å². The molecule has 0 bridgehead atoms. The number of aromatic nitrogens is 2. The molecule has 2 heterocycles. The number of carbonyl (C=O) groups is 1. The molecule has 2 fully saturated rings. The monoisotopic (exact) mass is 396 g/mol. The van der Waals surface area contributed by atoms with Gasteiger partial charge in [0.15, 0.2) is 0 Å². The molecule has 29 heavy (non-hydrogen) atoms. The fourth-order valence-corrected chi connectivity index (χ4v) is 4.31. The van der Waals surface area contributed by atoms with E-state index < -0.39 is 0 Å². The lowest BCUT2D eigenvalue weighted by atomic mass is 10.1. The molecule has 0 spiro atoms. The minimum Gasteiger partial charge on any atom is -0.378 e. The molecule has 1 aliphatic heterocycles. The summed E-state index contributed by atoms with van der Waals surface area (Å²) < 4.78 is 7.97. The van der Waals surface area contributed by atoms with Crippen molar-refractivity contribution in [1.82, 2.24) is 20.0 Å². The van der Waals surface area contributed by atoms with E-state index in [1.807, 2.05) is 52.3 Å². The maximum atomic E-state index is 12.4. The fraction of sp³-hybridized carbons (Fsp3) is 0.565. The second-order valence-corrected chi connectivity index (χ2v) is 8.28. The molecule has 0 unspecified atom stereocenters. The van der Waals surface area contributed by atoms with Gasteiger partial charge in [0.2, 0.25) is 0 Å². The largest absolute Gasteiger partial charge is 0.378 e. The first kappa shape index (κ1) is 20.0. The van der Waals surface area contributed by atoms with Gasteiger partial charge in [-0.3, -0.25) is 0 Å². The lowest BCUT2D eigenvalue weighted by Crippen LogP contribution is -2.46. The third-order valence-electron chi connectivity index (χ3n) is 6.12. The van der Waals surface area contributed by atoms with Crippen molar-refractivity contribution in [1.29, 1.82) is 0 Å². The van der Waals surface area contributed by atoms with Crippen LogP contribution in [0.3, 0.4) is 0 Å². The Balaban J connectivity index is 1.14. The van der Waals surface area contributed by atoms with E-state index in [0.717, 1.165) is 56.1 Å². The molecule has 1 saturated carbocycles. The Morgan fingerprint density at radius 2 is 1.86 bits per heavy atom. The van der Waals surface area contributed by atoms with Gasteiger partial charge in [0.05, 0.1) is 18.0 Å². The molecule has 2 aromatic rings. The van der Waals surface area contributed by atoms with E-state index in [-0.39, 0.29) is 6.03 Å². The summed E-state index contributed by atoms with van der Waals surface area (Å²) in [5.41, 5.74) is 2.16. The molecular weight excluding hydrogens is 364 g/mol. The van der Waals surface area contributed by atoms with Crippen molar-refractivity contribution in [2.24, 2.45) is 5.92 Å². The lowest BCUT2D eigenvalue weighted by molar-refractivity contribution is -0.00195. The average molecular weight is 397 g/mol. The number of nitrogens with one attached hydrogen (secondary N) is 1. The van der Waals surface area contributed by atoms with Gasteiger partial charge in [-0.05, 0) is 55.7 Å². The number of amides is 2. The first-order chi connectivity index (χ1) is 14.3. The molecule has 4 rings (SSSR count). The molecule has 1 N–H and O–H groups in total. The van der Waals surface area contributed by atoms with Crippen molar-refractivity contribution in [3.05, 3.63) is 48.3 Å². The molecule has 1 aromatic heterocycles. The molecule has 6 heteroatoms. The highest BCUT2D eigenvalue weighted by atomic mass is 16.5. The van der Waals surface area contributed by atoms with Gasteiger partial charge in [0.25, 0.3) is 0 Å². The maximum absolute atomic E-state index is 12.4. The lowest BCUT2D eigenvalue weighted by Gasteiger charge is -2.32. The number of benzene rings is 1. The topological polar surface area (TPSA) is 59.4 Å². The van der Waals surface area contributed by atoms with Crippen molar-refractivity contribution < 1.29 is 9.53 Å². The highest BCUT2D eigenvalue weighted by Gasteiger charge is 2.24. The number of likely N-dealkylation sites (tertiary alicyclic amines) is 1. The molecule has 156 valence electrons. The predicted molar refractivity (Wildman–Crippen MR) is 113 cm³/mol. The highest BCUT2D eigenvalue weighted by molar-refractivity contribution is 5.74. The summed E-state index contributed by atoms with van der Waals surface area (Å²) in [4.78, 5) is 14.4. The Kier molecular flexibility index (Phi) is 6.83. The number of para-hydroxylation sites is 1. The number of piperidine rings is 1. The van der Waals surface area contributed by atoms with E-state index in [1.165, 1.54) is 25.7 Å². The standard InChI is InChI=1S/C23H32N4O2/c28-23(26-14-11-22(12-15-26)29-18-19-6-4-5-7-19)24-13-10-20-16-25-27(17-20)21-8-2-1-3-9-21/h1-3,8-9,16-17,19,22H,4-7,10-15,18H2,(H,24,28). The Morgan fingerprint density at radius 1 is 1.10 bits per heavy atom. The van der Waals surface area contributed by atoms with Gasteiger partial charge in [-0.2, -0.15) is 5.10 Å². The summed E-state index contributed by atoms with van der Waals surface area (Å²) >= 11 is 0. The number of ether oxygens (including phenoxy) is 1. The minimum atomic E-state index is 0.0368. The van der Waals surface area contributed by atoms with Crippen LogP contribution in [0.15, 0.2) is 42.7 Å². The molecule has 1 aliphatic carbocycles. The van der Waals surface area contributed by atoms with Crippen LogP contribution in [0.1, 0.15) is 44.1 Å². The first-order valence-corrected chi connectivity index (χ1v) is 11.0. The normalized spacial score (nSPS) is 18.3. The molecule has 6 nitrogen and oxygen atoms in total. The Bertz CT molecular complexity index is 762. The van der Waals surface area contributed by atoms with Crippen LogP contribution in [0.5, 0.6) is 0 Å². The minimum absolute atomic E-state index is 0.0368. The third-order valence-corrected chi connectivity index (χ3v) is 6.12. The second-order valence-electron chi connectivity index (χ2n) is 8.28. The summed E-state index contributed by atoms with van der Waals surface area (Å²) in [6.45, 7) is 3.10. The van der Waals surface area contributed by atoms with E-state index in [0.29, 0.717) is 12.6 Å². The SMILES string of the molecule is O=C(NCCc1cnn(-c2ccccc2)c1)N1CCC(OCC2CCCC2)CC1. The van der Waals surface area contributed by atoms with Crippen molar-refractivity contribution in [3.63, 3.8) is 0 Å². The van der Waals surface area contributed by atoms with Crippen LogP contribution in [0, 0.1) is 5.92 Å². The number of hydrogen-bond acceptors (Lipinski definition) is 3. The molecule has 1 saturated heterocycles. The molecule has 1 aromatic carbocycles. The predicted octanol–water partition coefficient (Wildman–Crippen LogP) is 3.80. The van der Waals surface area contributed by atoms with Crippen molar-refractivity contribution in [2.75, 3.05) is 26.2 Å². The van der Waals surface area contributed by atoms with Gasteiger partial charge < -0.3 is 15.0 Å². The van der Waals surface area contributed by atoms with E-state index in [4.69, 9.17) is 4.74 Å². The van der Waals surface area contributed by atoms with Crippen LogP contribution in [-0.4, -0.2) is 53.1 Å². The first-order valence-electron chi connectivity index (χ1n) is 11.0. The average Bonchev–Trinajstić information content (AvgIpc) is 3.45. The van der Waals surface area contributed by atoms with Gasteiger partial charge in [-0.1, -0.05) is 31.0 Å². The van der Waals surface area contributed by atoms with Crippen LogP contribution in [-0.2, 0) is 11.2 Å². The van der Waals surface area contributed by atoms with Crippen LogP contribution in [0.4, 0.5) is 4.79 Å². The smallest absolute Gasteiger partial charge is 0.317 e. The Hall–Kier alpha value is -2.34. The summed E-state index contributed by atoms with van der Waals surface area (Å²) in [6.07, 6.45) is 12.3. The summed E-state index contributed by atoms with van der Waals surface area (Å²) in [5, 5.41) is 7.46. The molecular formula is C23H32N4O2. The summed E-state index contributed by atoms with van der Waals surface area (Å²) in [5.74, 6) is 0.766. The maximum Gasteiger partial charge on any atom is 0.317 e. The molecule has 0 atom stereocenters. The third kappa shape index (κ3) is 5.60. The zero-order valence-corrected chi connectivity index (χ0v) is 17.1. The van der Waals surface area contributed by atoms with Crippen LogP contribution in [0.2, 0.25) is 0 Å². The summed E-state index contributed by atoms with van der Waals surface area (Å²) in [6, 6.07) is 10.1. The van der Waals surface area contributed by atoms with E-state index in [9.17, 15) is 4.79 Å². The van der Waals surface area contributed by atoms with E-state index in [1.54, 1.807) is 0 Å². The van der Waals surface area contributed by atoms with Gasteiger partial charge in [-0.25, -0.2) is 9.48 Å². The van der Waals surface area contributed by atoms with Crippen LogP contribution < -0.4 is 5.32 Å². The van der Waals surface area contributed by atoms with Crippen molar-refractivity contribution in [2.45, 2.75) is 51.0 Å². The summed E-state index contributed by atoms with van der Waals surface area (Å²) in [7, 11) is 0. The van der Waals surface area contributed by atoms with Crippen LogP contribution in [0.25, 0.3) is 5.69 Å². The number of rotatable bonds is 7. The number of nitrogens with zero attached hydrogens (tertiary/aromatic N) is 3. The van der Waals surface area contributed by atoms with E-state index >= 15 is 0 Å². The van der Waals surface area contributed by atoms with Crippen molar-refractivity contribution in [3.8, 4) is 5.69 Å². The zero-order chi connectivity index (χ0) is 19.9. The quantitative estimate of drug-likeness (QED) is 0.774. The molecule has 2 amide bonds. The van der Waals surface area contributed by atoms with E-state index in [2.05, 4.69) is 10.4 Å². The van der Waals surface area contributed by atoms with Crippen molar-refractivity contribution >= 4 is 6.03 Å². The van der Waals surface area contributed by atoms with Gasteiger partial charge >= 0.3 is 6.03 Å². The van der Waals surface area contributed by atoms with Gasteiger partial charge in [0, 0.05) is 32.4 Å². The second kappa shape index (κ2) is 9.92. The zero-order valence-electron chi connectivity index (χ0n) is 17.1. The van der Waals surface area contributed by atoms with Gasteiger partial charge in [-0.15, -0.1) is 0 Å². The van der Waals surface area contributed by atoms with Crippen LogP contribution >= 0.6 is 0 Å². The number of carbonyl (C=O) groups excluding carboxylic acids is 1. The highest BCUT2D eigenvalue weighted by Crippen LogP contribution is 2.26. The Labute approximate surface area is 173 Å². The number of urea groups is 1. The molecule has 2 aliphatic rings. The number of hydrogen-bond donors (Lipinski definition) is 1. The fourth-order valence-electron chi connectivity index (χ4n) is 4.31. The molecule has 0 radical (unpaired) electrons.